The third-order valence-electron chi connectivity index (χ3n) is 10.8. The first-order valence-electron chi connectivity index (χ1n) is 14.0. The first-order chi connectivity index (χ1) is 16.2. The molecule has 0 aromatic carbocycles. The van der Waals surface area contributed by atoms with Gasteiger partial charge in [0.2, 0.25) is 5.91 Å². The molecule has 5 heteroatoms. The van der Waals surface area contributed by atoms with Gasteiger partial charge in [-0.15, -0.1) is 0 Å². The monoisotopic (exact) mass is 475 g/mol. The molecule has 3 saturated carbocycles. The predicted molar refractivity (Wildman–Crippen MR) is 135 cm³/mol. The van der Waals surface area contributed by atoms with Crippen LogP contribution in [0.4, 0.5) is 0 Å². The number of aliphatic hydroxyl groups is 1. The van der Waals surface area contributed by atoms with Crippen LogP contribution in [0.25, 0.3) is 0 Å². The fraction of sp³-hybridized carbons (Fsp3) is 0.897. The maximum atomic E-state index is 12.6. The third-order valence-corrected chi connectivity index (χ3v) is 10.8. The van der Waals surface area contributed by atoms with Crippen LogP contribution in [0, 0.1) is 40.4 Å². The maximum absolute atomic E-state index is 12.6. The lowest BCUT2D eigenvalue weighted by molar-refractivity contribution is -0.179. The number of hydroxylamine groups is 2. The molecule has 0 radical (unpaired) electrons. The van der Waals surface area contributed by atoms with E-state index in [1.54, 1.807) is 19.7 Å². The summed E-state index contributed by atoms with van der Waals surface area (Å²) < 4.78 is 5.04. The van der Waals surface area contributed by atoms with Crippen molar-refractivity contribution in [3.05, 3.63) is 11.6 Å². The molecular formula is C29H49NO4. The van der Waals surface area contributed by atoms with Crippen LogP contribution in [0.15, 0.2) is 11.6 Å². The number of amides is 1. The van der Waals surface area contributed by atoms with Gasteiger partial charge in [0.1, 0.15) is 0 Å². The van der Waals surface area contributed by atoms with Crippen molar-refractivity contribution in [2.45, 2.75) is 97.5 Å². The average Bonchev–Trinajstić information content (AvgIpc) is 3.17. The molecule has 34 heavy (non-hydrogen) atoms. The second-order valence-electron chi connectivity index (χ2n) is 12.5. The number of nitrogens with zero attached hydrogens (tertiary/aromatic N) is 1. The van der Waals surface area contributed by atoms with Gasteiger partial charge >= 0.3 is 0 Å². The summed E-state index contributed by atoms with van der Waals surface area (Å²) in [6.07, 6.45) is 14.3. The minimum absolute atomic E-state index is 0.0880. The van der Waals surface area contributed by atoms with Gasteiger partial charge in [0.05, 0.1) is 12.7 Å². The molecule has 0 heterocycles. The summed E-state index contributed by atoms with van der Waals surface area (Å²) in [5.74, 6) is 3.76. The first-order valence-corrected chi connectivity index (χ1v) is 14.0. The number of carbonyl (C=O) groups is 1. The lowest BCUT2D eigenvalue weighted by atomic mass is 9.47. The van der Waals surface area contributed by atoms with E-state index in [-0.39, 0.29) is 12.0 Å². The summed E-state index contributed by atoms with van der Waals surface area (Å²) in [7, 11) is 3.42. The zero-order valence-electron chi connectivity index (χ0n) is 22.4. The highest BCUT2D eigenvalue weighted by atomic mass is 16.7. The van der Waals surface area contributed by atoms with Crippen molar-refractivity contribution in [1.29, 1.82) is 0 Å². The van der Waals surface area contributed by atoms with E-state index < -0.39 is 0 Å². The minimum atomic E-state index is -0.126. The number of carbonyl (C=O) groups excluding carboxylic acids is 1. The van der Waals surface area contributed by atoms with Gasteiger partial charge in [0.25, 0.3) is 0 Å². The number of hydrogen-bond acceptors (Lipinski definition) is 4. The number of aliphatic hydroxyl groups excluding tert-OH is 1. The average molecular weight is 476 g/mol. The molecule has 8 atom stereocenters. The molecule has 4 aliphatic carbocycles. The van der Waals surface area contributed by atoms with Crippen LogP contribution in [-0.2, 0) is 14.4 Å². The largest absolute Gasteiger partial charge is 0.393 e. The minimum Gasteiger partial charge on any atom is -0.393 e. The summed E-state index contributed by atoms with van der Waals surface area (Å²) in [6.45, 7) is 8.66. The molecular weight excluding hydrogens is 426 g/mol. The number of fused-ring (bicyclic) bond motifs is 5. The Kier molecular flexibility index (Phi) is 8.16. The van der Waals surface area contributed by atoms with E-state index in [1.807, 2.05) is 0 Å². The molecule has 0 spiro atoms. The summed E-state index contributed by atoms with van der Waals surface area (Å²) >= 11 is 0. The first kappa shape index (κ1) is 26.2. The Bertz CT molecular complexity index is 752. The second kappa shape index (κ2) is 10.6. The van der Waals surface area contributed by atoms with Gasteiger partial charge in [-0.1, -0.05) is 32.4 Å². The quantitative estimate of drug-likeness (QED) is 0.261. The molecule has 3 fully saturated rings. The van der Waals surface area contributed by atoms with Crippen molar-refractivity contribution < 1.29 is 19.5 Å². The van der Waals surface area contributed by atoms with E-state index in [1.165, 1.54) is 37.2 Å². The maximum Gasteiger partial charge on any atom is 0.245 e. The Balaban J connectivity index is 1.35. The highest BCUT2D eigenvalue weighted by Crippen LogP contribution is 2.67. The van der Waals surface area contributed by atoms with E-state index in [4.69, 9.17) is 9.57 Å². The van der Waals surface area contributed by atoms with Crippen molar-refractivity contribution in [2.24, 2.45) is 40.4 Å². The van der Waals surface area contributed by atoms with Gasteiger partial charge in [-0.2, -0.15) is 0 Å². The fourth-order valence-corrected chi connectivity index (χ4v) is 8.80. The molecule has 1 amide bonds. The lowest BCUT2D eigenvalue weighted by Crippen LogP contribution is -2.50. The van der Waals surface area contributed by atoms with Gasteiger partial charge in [0, 0.05) is 27.2 Å². The number of rotatable bonds is 9. The number of hydrogen-bond donors (Lipinski definition) is 1. The standard InChI is InChI=1S/C29H49NO4/c1-20(7-12-27(32)30(4)34-18-6-17-33-5)24-10-11-25-23-9-8-21-19-22(31)13-15-28(21,2)26(23)14-16-29(24,25)3/h8,20,22-26,31H,6-7,9-19H2,1-5H3/t20-,22+,23+,24-,25+,26+,28+,29-/m1/s1. The van der Waals surface area contributed by atoms with Crippen LogP contribution in [0.1, 0.15) is 91.4 Å². The van der Waals surface area contributed by atoms with Gasteiger partial charge < -0.3 is 9.84 Å². The Morgan fingerprint density at radius 2 is 1.97 bits per heavy atom. The Morgan fingerprint density at radius 3 is 2.74 bits per heavy atom. The van der Waals surface area contributed by atoms with E-state index >= 15 is 0 Å². The van der Waals surface area contributed by atoms with Crippen molar-refractivity contribution in [3.63, 3.8) is 0 Å². The molecule has 4 aliphatic rings. The van der Waals surface area contributed by atoms with E-state index in [0.29, 0.717) is 42.3 Å². The zero-order valence-corrected chi connectivity index (χ0v) is 22.4. The third kappa shape index (κ3) is 4.86. The van der Waals surface area contributed by atoms with E-state index in [0.717, 1.165) is 49.9 Å². The second-order valence-corrected chi connectivity index (χ2v) is 12.5. The highest BCUT2D eigenvalue weighted by Gasteiger charge is 2.59. The molecule has 0 aliphatic heterocycles. The molecule has 4 rings (SSSR count). The molecule has 0 saturated heterocycles. The van der Waals surface area contributed by atoms with Crippen LogP contribution < -0.4 is 0 Å². The van der Waals surface area contributed by atoms with Crippen molar-refractivity contribution >= 4 is 5.91 Å². The van der Waals surface area contributed by atoms with Gasteiger partial charge in [0.15, 0.2) is 0 Å². The Hall–Kier alpha value is -0.910. The predicted octanol–water partition coefficient (Wildman–Crippen LogP) is 5.77. The zero-order chi connectivity index (χ0) is 24.5. The summed E-state index contributed by atoms with van der Waals surface area (Å²) in [6, 6.07) is 0. The molecule has 0 unspecified atom stereocenters. The number of ether oxygens (including phenoxy) is 1. The smallest absolute Gasteiger partial charge is 0.245 e. The van der Waals surface area contributed by atoms with Crippen LogP contribution in [0.2, 0.25) is 0 Å². The van der Waals surface area contributed by atoms with Crippen LogP contribution in [-0.4, -0.2) is 49.6 Å². The van der Waals surface area contributed by atoms with Gasteiger partial charge in [-0.05, 0) is 105 Å². The topological polar surface area (TPSA) is 59.0 Å². The SMILES string of the molecule is COCCCON(C)C(=O)CC[C@@H](C)[C@H]1CC[C@H]2[C@@H]3CC=C4C[C@@H](O)CC[C@]4(C)[C@H]3CC[C@]12C. The summed E-state index contributed by atoms with van der Waals surface area (Å²) in [5, 5.41) is 11.7. The normalized spacial score (nSPS) is 40.1. The molecule has 0 aromatic rings. The van der Waals surface area contributed by atoms with Gasteiger partial charge in [-0.3, -0.25) is 9.63 Å². The fourth-order valence-electron chi connectivity index (χ4n) is 8.80. The molecule has 0 bridgehead atoms. The van der Waals surface area contributed by atoms with Gasteiger partial charge in [-0.25, -0.2) is 5.06 Å². The van der Waals surface area contributed by atoms with E-state index in [9.17, 15) is 9.90 Å². The molecule has 0 aromatic heterocycles. The summed E-state index contributed by atoms with van der Waals surface area (Å²) in [4.78, 5) is 18.2. The van der Waals surface area contributed by atoms with E-state index in [2.05, 4.69) is 26.8 Å². The molecule has 5 nitrogen and oxygen atoms in total. The Labute approximate surface area is 207 Å². The number of allylic oxidation sites excluding steroid dienone is 1. The highest BCUT2D eigenvalue weighted by molar-refractivity contribution is 5.74. The molecule has 194 valence electrons. The lowest BCUT2D eigenvalue weighted by Gasteiger charge is -2.58. The van der Waals surface area contributed by atoms with Crippen LogP contribution in [0.3, 0.4) is 0 Å². The van der Waals surface area contributed by atoms with Crippen molar-refractivity contribution in [1.82, 2.24) is 5.06 Å². The Morgan fingerprint density at radius 1 is 1.18 bits per heavy atom. The van der Waals surface area contributed by atoms with Crippen molar-refractivity contribution in [3.8, 4) is 0 Å². The van der Waals surface area contributed by atoms with Crippen LogP contribution in [0.5, 0.6) is 0 Å². The van der Waals surface area contributed by atoms with Crippen LogP contribution >= 0.6 is 0 Å². The van der Waals surface area contributed by atoms with Crippen molar-refractivity contribution in [2.75, 3.05) is 27.4 Å². The number of methoxy groups -OCH3 is 1. The summed E-state index contributed by atoms with van der Waals surface area (Å²) in [5.41, 5.74) is 2.28. The molecule has 1 N–H and O–H groups in total.